The Morgan fingerprint density at radius 2 is 1.97 bits per heavy atom. The first kappa shape index (κ1) is 25.6. The molecule has 4 N–H and O–H groups in total. The molecule has 0 bridgehead atoms. The minimum atomic E-state index is -3.80. The van der Waals surface area contributed by atoms with Gasteiger partial charge in [-0.2, -0.15) is 0 Å². The number of nitrogens with one attached hydrogen (secondary N) is 2. The molecule has 1 fully saturated rings. The molecule has 5 rings (SSSR count). The van der Waals surface area contributed by atoms with Gasteiger partial charge in [-0.3, -0.25) is 19.2 Å². The molecule has 2 aromatic heterocycles. The standard InChI is InChI=1S/C25H27N7O5S/c1-31-14-21(29-30-31)19-5-2-6-22-20(19)12-23(37-22)25(34)28-17-4-3-11-32(13-17)15-24(33)27-16-7-9-18(10-8-16)38(26,35)36/h2,5-10,12,14,17H,3-4,11,13,15H2,1H3,(H,27,33)(H,28,34)(H2,26,35,36). The summed E-state index contributed by atoms with van der Waals surface area (Å²) in [7, 11) is -2.01. The number of nitrogens with zero attached hydrogens (tertiary/aromatic N) is 4. The number of rotatable bonds is 7. The normalized spacial score (nSPS) is 16.4. The second-order valence-corrected chi connectivity index (χ2v) is 10.8. The molecule has 0 saturated carbocycles. The van der Waals surface area contributed by atoms with Crippen LogP contribution in [0.15, 0.2) is 64.0 Å². The molecule has 2 amide bonds. The van der Waals surface area contributed by atoms with Crippen LogP contribution in [0.25, 0.3) is 22.2 Å². The van der Waals surface area contributed by atoms with Crippen LogP contribution in [0.2, 0.25) is 0 Å². The molecule has 4 aromatic rings. The van der Waals surface area contributed by atoms with E-state index >= 15 is 0 Å². The van der Waals surface area contributed by atoms with Crippen molar-refractivity contribution in [3.63, 3.8) is 0 Å². The number of furan rings is 1. The Bertz CT molecular complexity index is 1590. The predicted octanol–water partition coefficient (Wildman–Crippen LogP) is 1.71. The molecule has 0 spiro atoms. The molecule has 1 atom stereocenters. The maximum atomic E-state index is 13.0. The van der Waals surface area contributed by atoms with Crippen molar-refractivity contribution in [3.8, 4) is 11.3 Å². The van der Waals surface area contributed by atoms with Crippen molar-refractivity contribution < 1.29 is 22.4 Å². The third-order valence-corrected chi connectivity index (χ3v) is 7.27. The Hall–Kier alpha value is -4.07. The number of anilines is 1. The molecular weight excluding hydrogens is 510 g/mol. The first-order chi connectivity index (χ1) is 18.2. The molecule has 3 heterocycles. The number of carbonyl (C=O) groups is 2. The van der Waals surface area contributed by atoms with Crippen molar-refractivity contribution in [1.82, 2.24) is 25.2 Å². The zero-order valence-corrected chi connectivity index (χ0v) is 21.4. The molecule has 1 unspecified atom stereocenters. The van der Waals surface area contributed by atoms with Gasteiger partial charge in [0.25, 0.3) is 5.91 Å². The topological polar surface area (TPSA) is 165 Å². The number of piperidine rings is 1. The number of carbonyl (C=O) groups excluding carboxylic acids is 2. The van der Waals surface area contributed by atoms with Gasteiger partial charge in [0.1, 0.15) is 11.3 Å². The molecule has 1 aliphatic rings. The van der Waals surface area contributed by atoms with Crippen LogP contribution in [0.3, 0.4) is 0 Å². The van der Waals surface area contributed by atoms with Crippen LogP contribution in [0, 0.1) is 0 Å². The Morgan fingerprint density at radius 3 is 2.68 bits per heavy atom. The second kappa shape index (κ2) is 10.4. The van der Waals surface area contributed by atoms with Crippen LogP contribution in [0.4, 0.5) is 5.69 Å². The Kier molecular flexibility index (Phi) is 6.97. The molecular formula is C25H27N7O5S. The van der Waals surface area contributed by atoms with Crippen LogP contribution in [-0.4, -0.2) is 65.8 Å². The van der Waals surface area contributed by atoms with E-state index in [-0.39, 0.29) is 35.1 Å². The molecule has 12 nitrogen and oxygen atoms in total. The van der Waals surface area contributed by atoms with Gasteiger partial charge < -0.3 is 15.1 Å². The highest BCUT2D eigenvalue weighted by Gasteiger charge is 2.25. The lowest BCUT2D eigenvalue weighted by Gasteiger charge is -2.32. The number of likely N-dealkylation sites (tertiary alicyclic amines) is 1. The summed E-state index contributed by atoms with van der Waals surface area (Å²) < 4.78 is 30.2. The van der Waals surface area contributed by atoms with E-state index in [1.54, 1.807) is 30.1 Å². The average molecular weight is 538 g/mol. The number of hydrogen-bond donors (Lipinski definition) is 3. The lowest BCUT2D eigenvalue weighted by molar-refractivity contribution is -0.117. The fourth-order valence-corrected chi connectivity index (χ4v) is 5.09. The van der Waals surface area contributed by atoms with Crippen molar-refractivity contribution in [2.24, 2.45) is 12.2 Å². The highest BCUT2D eigenvalue weighted by atomic mass is 32.2. The van der Waals surface area contributed by atoms with Crippen molar-refractivity contribution in [3.05, 3.63) is 60.5 Å². The molecule has 0 radical (unpaired) electrons. The predicted molar refractivity (Wildman–Crippen MR) is 140 cm³/mol. The van der Waals surface area contributed by atoms with E-state index in [1.165, 1.54) is 24.3 Å². The highest BCUT2D eigenvalue weighted by molar-refractivity contribution is 7.89. The Labute approximate surface area is 218 Å². The quantitative estimate of drug-likeness (QED) is 0.320. The summed E-state index contributed by atoms with van der Waals surface area (Å²) in [4.78, 5) is 27.5. The summed E-state index contributed by atoms with van der Waals surface area (Å²) in [6.45, 7) is 1.36. The number of aromatic nitrogens is 3. The van der Waals surface area contributed by atoms with Gasteiger partial charge in [0.05, 0.1) is 17.6 Å². The number of nitrogens with two attached hydrogens (primary N) is 1. The minimum absolute atomic E-state index is 0.0282. The Balaban J connectivity index is 1.19. The van der Waals surface area contributed by atoms with Gasteiger partial charge in [-0.15, -0.1) is 5.10 Å². The summed E-state index contributed by atoms with van der Waals surface area (Å²) in [5.41, 5.74) is 2.56. The largest absolute Gasteiger partial charge is 0.451 e. The zero-order chi connectivity index (χ0) is 26.9. The van der Waals surface area contributed by atoms with Crippen molar-refractivity contribution in [2.75, 3.05) is 25.0 Å². The van der Waals surface area contributed by atoms with E-state index in [0.29, 0.717) is 23.5 Å². The molecule has 1 aliphatic heterocycles. The summed E-state index contributed by atoms with van der Waals surface area (Å²) in [5, 5.41) is 19.8. The average Bonchev–Trinajstić information content (AvgIpc) is 3.50. The number of fused-ring (bicyclic) bond motifs is 1. The number of benzene rings is 2. The summed E-state index contributed by atoms with van der Waals surface area (Å²) in [6.07, 6.45) is 3.40. The monoisotopic (exact) mass is 537 g/mol. The molecule has 38 heavy (non-hydrogen) atoms. The molecule has 0 aliphatic carbocycles. The molecule has 1 saturated heterocycles. The van der Waals surface area contributed by atoms with Crippen molar-refractivity contribution in [1.29, 1.82) is 0 Å². The van der Waals surface area contributed by atoms with Crippen LogP contribution in [0.1, 0.15) is 23.4 Å². The van der Waals surface area contributed by atoms with E-state index in [2.05, 4.69) is 20.9 Å². The fourth-order valence-electron chi connectivity index (χ4n) is 4.57. The van der Waals surface area contributed by atoms with Crippen LogP contribution >= 0.6 is 0 Å². The fraction of sp³-hybridized carbons (Fsp3) is 0.280. The Morgan fingerprint density at radius 1 is 1.18 bits per heavy atom. The van der Waals surface area contributed by atoms with Crippen molar-refractivity contribution in [2.45, 2.75) is 23.8 Å². The summed E-state index contributed by atoms with van der Waals surface area (Å²) in [5.74, 6) is -0.360. The third kappa shape index (κ3) is 5.74. The van der Waals surface area contributed by atoms with Gasteiger partial charge in [0.15, 0.2) is 5.76 Å². The molecule has 198 valence electrons. The van der Waals surface area contributed by atoms with Gasteiger partial charge >= 0.3 is 0 Å². The molecule has 2 aromatic carbocycles. The SMILES string of the molecule is Cn1cc(-c2cccc3oc(C(=O)NC4CCCN(CC(=O)Nc5ccc(S(N)(=O)=O)cc5)C4)cc23)nn1. The first-order valence-corrected chi connectivity index (χ1v) is 13.6. The van der Waals surface area contributed by atoms with E-state index in [0.717, 1.165) is 30.3 Å². The highest BCUT2D eigenvalue weighted by Crippen LogP contribution is 2.30. The first-order valence-electron chi connectivity index (χ1n) is 12.0. The summed E-state index contributed by atoms with van der Waals surface area (Å²) in [6, 6.07) is 12.8. The number of aryl methyl sites for hydroxylation is 1. The van der Waals surface area contributed by atoms with Gasteiger partial charge in [0.2, 0.25) is 15.9 Å². The van der Waals surface area contributed by atoms with E-state index in [1.807, 2.05) is 17.0 Å². The lowest BCUT2D eigenvalue weighted by atomic mass is 10.1. The zero-order valence-electron chi connectivity index (χ0n) is 20.6. The van der Waals surface area contributed by atoms with Gasteiger partial charge in [-0.25, -0.2) is 13.6 Å². The van der Waals surface area contributed by atoms with Gasteiger partial charge in [0, 0.05) is 36.3 Å². The van der Waals surface area contributed by atoms with Crippen molar-refractivity contribution >= 4 is 38.5 Å². The molecule has 13 heteroatoms. The van der Waals surface area contributed by atoms with E-state index in [4.69, 9.17) is 9.56 Å². The number of hydrogen-bond acceptors (Lipinski definition) is 8. The van der Waals surface area contributed by atoms with Crippen LogP contribution in [0.5, 0.6) is 0 Å². The number of primary sulfonamides is 1. The van der Waals surface area contributed by atoms with Gasteiger partial charge in [-0.1, -0.05) is 17.3 Å². The van der Waals surface area contributed by atoms with Crippen LogP contribution < -0.4 is 15.8 Å². The summed E-state index contributed by atoms with van der Waals surface area (Å²) >= 11 is 0. The number of amides is 2. The maximum absolute atomic E-state index is 13.0. The van der Waals surface area contributed by atoms with E-state index in [9.17, 15) is 18.0 Å². The smallest absolute Gasteiger partial charge is 0.287 e. The maximum Gasteiger partial charge on any atom is 0.287 e. The van der Waals surface area contributed by atoms with Gasteiger partial charge in [-0.05, 0) is 55.8 Å². The minimum Gasteiger partial charge on any atom is -0.451 e. The third-order valence-electron chi connectivity index (χ3n) is 6.34. The lowest BCUT2D eigenvalue weighted by Crippen LogP contribution is -2.49. The number of sulfonamides is 1. The second-order valence-electron chi connectivity index (χ2n) is 9.27. The van der Waals surface area contributed by atoms with E-state index < -0.39 is 10.0 Å². The van der Waals surface area contributed by atoms with Crippen LogP contribution in [-0.2, 0) is 21.9 Å².